The Bertz CT molecular complexity index is 1050. The number of carbonyl (C=O) groups excluding carboxylic acids is 2. The molecule has 0 bridgehead atoms. The first kappa shape index (κ1) is 19.4. The van der Waals surface area contributed by atoms with Crippen molar-refractivity contribution in [3.8, 4) is 0 Å². The molecule has 7 heteroatoms. The molecule has 1 aromatic heterocycles. The summed E-state index contributed by atoms with van der Waals surface area (Å²) in [6.45, 7) is 3.81. The molecule has 1 fully saturated rings. The summed E-state index contributed by atoms with van der Waals surface area (Å²) in [5.74, 6) is -0.0948. The Morgan fingerprint density at radius 2 is 1.79 bits per heavy atom. The summed E-state index contributed by atoms with van der Waals surface area (Å²) in [6.07, 6.45) is 0. The molecule has 29 heavy (non-hydrogen) atoms. The molecular formula is C22H21N3O3S. The number of hydrogen-bond donors (Lipinski definition) is 1. The molecule has 2 aromatic carbocycles. The van der Waals surface area contributed by atoms with E-state index in [1.54, 1.807) is 0 Å². The number of nitrogens with one attached hydrogen (secondary N) is 1. The van der Waals surface area contributed by atoms with Crippen molar-refractivity contribution in [2.75, 3.05) is 31.6 Å². The molecule has 148 valence electrons. The molecule has 1 N–H and O–H groups in total. The van der Waals surface area contributed by atoms with E-state index < -0.39 is 0 Å². The van der Waals surface area contributed by atoms with E-state index in [0.29, 0.717) is 31.9 Å². The molecule has 2 amide bonds. The zero-order chi connectivity index (χ0) is 20.2. The number of carbonyl (C=O) groups is 2. The van der Waals surface area contributed by atoms with Crippen molar-refractivity contribution in [2.45, 2.75) is 16.8 Å². The molecular weight excluding hydrogens is 386 g/mol. The highest BCUT2D eigenvalue weighted by Gasteiger charge is 2.21. The largest absolute Gasteiger partial charge is 0.378 e. The molecule has 4 rings (SSSR count). The Morgan fingerprint density at radius 3 is 2.52 bits per heavy atom. The van der Waals surface area contributed by atoms with Crippen molar-refractivity contribution in [1.82, 2.24) is 9.88 Å². The summed E-state index contributed by atoms with van der Waals surface area (Å²) in [5.41, 5.74) is 2.20. The summed E-state index contributed by atoms with van der Waals surface area (Å²) in [4.78, 5) is 31.9. The average molecular weight is 407 g/mol. The number of pyridine rings is 1. The average Bonchev–Trinajstić information content (AvgIpc) is 2.74. The number of rotatable bonds is 4. The van der Waals surface area contributed by atoms with Crippen LogP contribution in [0.25, 0.3) is 10.9 Å². The number of para-hydroxylation sites is 1. The molecule has 0 unspecified atom stereocenters. The summed E-state index contributed by atoms with van der Waals surface area (Å²) in [6, 6.07) is 17.1. The van der Waals surface area contributed by atoms with Gasteiger partial charge in [0.05, 0.1) is 24.3 Å². The Morgan fingerprint density at radius 1 is 1.07 bits per heavy atom. The maximum Gasteiger partial charge on any atom is 0.254 e. The lowest BCUT2D eigenvalue weighted by Gasteiger charge is -2.27. The number of nitrogens with zero attached hydrogens (tertiary/aromatic N) is 2. The number of ether oxygens (including phenoxy) is 1. The Kier molecular flexibility index (Phi) is 5.78. The van der Waals surface area contributed by atoms with Crippen LogP contribution < -0.4 is 5.32 Å². The minimum atomic E-state index is -0.104. The topological polar surface area (TPSA) is 71.5 Å². The van der Waals surface area contributed by atoms with Gasteiger partial charge >= 0.3 is 0 Å². The molecule has 3 aromatic rings. The third kappa shape index (κ3) is 4.58. The predicted octanol–water partition coefficient (Wildman–Crippen LogP) is 3.82. The Balaban J connectivity index is 1.64. The van der Waals surface area contributed by atoms with Gasteiger partial charge in [-0.15, -0.1) is 0 Å². The van der Waals surface area contributed by atoms with Crippen LogP contribution in [0.1, 0.15) is 17.3 Å². The van der Waals surface area contributed by atoms with Crippen LogP contribution in [0.2, 0.25) is 0 Å². The highest BCUT2D eigenvalue weighted by Crippen LogP contribution is 2.31. The van der Waals surface area contributed by atoms with Gasteiger partial charge in [0.15, 0.2) is 0 Å². The van der Waals surface area contributed by atoms with Crippen LogP contribution in [0, 0.1) is 0 Å². The summed E-state index contributed by atoms with van der Waals surface area (Å²) in [5, 5.41) is 4.37. The standard InChI is InChI=1S/C22H21N3O3S/c1-15(26)23-16-6-8-17(9-7-16)29-21-14-19(18-4-2-3-5-20(18)24-21)22(27)25-10-12-28-13-11-25/h2-9,14H,10-13H2,1H3,(H,23,26). The maximum absolute atomic E-state index is 13.2. The fourth-order valence-electron chi connectivity index (χ4n) is 3.25. The van der Waals surface area contributed by atoms with Gasteiger partial charge in [-0.2, -0.15) is 0 Å². The van der Waals surface area contributed by atoms with Crippen LogP contribution in [0.5, 0.6) is 0 Å². The molecule has 0 atom stereocenters. The van der Waals surface area contributed by atoms with E-state index in [4.69, 9.17) is 9.72 Å². The number of anilines is 1. The van der Waals surface area contributed by atoms with Gasteiger partial charge in [0.25, 0.3) is 5.91 Å². The second-order valence-electron chi connectivity index (χ2n) is 6.74. The van der Waals surface area contributed by atoms with Crippen LogP contribution in [0.3, 0.4) is 0 Å². The predicted molar refractivity (Wildman–Crippen MR) is 113 cm³/mol. The van der Waals surface area contributed by atoms with Gasteiger partial charge in [-0.1, -0.05) is 30.0 Å². The van der Waals surface area contributed by atoms with E-state index in [9.17, 15) is 9.59 Å². The maximum atomic E-state index is 13.2. The normalized spacial score (nSPS) is 14.0. The Hall–Kier alpha value is -2.90. The highest BCUT2D eigenvalue weighted by atomic mass is 32.2. The number of aromatic nitrogens is 1. The van der Waals surface area contributed by atoms with E-state index in [-0.39, 0.29) is 11.8 Å². The monoisotopic (exact) mass is 407 g/mol. The van der Waals surface area contributed by atoms with Crippen LogP contribution in [0.4, 0.5) is 5.69 Å². The van der Waals surface area contributed by atoms with Gasteiger partial charge in [-0.05, 0) is 36.4 Å². The minimum absolute atomic E-state index is 0.00903. The lowest BCUT2D eigenvalue weighted by atomic mass is 10.1. The Labute approximate surface area is 173 Å². The minimum Gasteiger partial charge on any atom is -0.378 e. The molecule has 2 heterocycles. The number of morpholine rings is 1. The van der Waals surface area contributed by atoms with E-state index in [0.717, 1.165) is 26.5 Å². The van der Waals surface area contributed by atoms with Crippen molar-refractivity contribution < 1.29 is 14.3 Å². The molecule has 6 nitrogen and oxygen atoms in total. The second-order valence-corrected chi connectivity index (χ2v) is 7.83. The number of benzene rings is 2. The fourth-order valence-corrected chi connectivity index (χ4v) is 4.08. The first-order valence-electron chi connectivity index (χ1n) is 9.42. The lowest BCUT2D eigenvalue weighted by molar-refractivity contribution is -0.114. The molecule has 1 aliphatic rings. The number of fused-ring (bicyclic) bond motifs is 1. The summed E-state index contributed by atoms with van der Waals surface area (Å²) >= 11 is 1.49. The number of hydrogen-bond acceptors (Lipinski definition) is 5. The van der Waals surface area contributed by atoms with Crippen molar-refractivity contribution in [3.63, 3.8) is 0 Å². The third-order valence-corrected chi connectivity index (χ3v) is 5.54. The van der Waals surface area contributed by atoms with Gasteiger partial charge in [-0.25, -0.2) is 4.98 Å². The van der Waals surface area contributed by atoms with E-state index in [1.807, 2.05) is 59.5 Å². The van der Waals surface area contributed by atoms with Gasteiger partial charge in [0.1, 0.15) is 5.03 Å². The van der Waals surface area contributed by atoms with E-state index in [1.165, 1.54) is 18.7 Å². The molecule has 0 saturated carbocycles. The zero-order valence-corrected chi connectivity index (χ0v) is 16.9. The molecule has 1 aliphatic heterocycles. The van der Waals surface area contributed by atoms with Crippen LogP contribution in [-0.2, 0) is 9.53 Å². The SMILES string of the molecule is CC(=O)Nc1ccc(Sc2cc(C(=O)N3CCOCC3)c3ccccc3n2)cc1. The van der Waals surface area contributed by atoms with Crippen molar-refractivity contribution in [3.05, 3.63) is 60.2 Å². The van der Waals surface area contributed by atoms with Crippen LogP contribution in [0.15, 0.2) is 64.5 Å². The second kappa shape index (κ2) is 8.63. The van der Waals surface area contributed by atoms with Crippen molar-refractivity contribution >= 4 is 40.2 Å². The van der Waals surface area contributed by atoms with Crippen molar-refractivity contribution in [2.24, 2.45) is 0 Å². The third-order valence-electron chi connectivity index (χ3n) is 4.62. The van der Waals surface area contributed by atoms with E-state index >= 15 is 0 Å². The van der Waals surface area contributed by atoms with E-state index in [2.05, 4.69) is 5.32 Å². The summed E-state index contributed by atoms with van der Waals surface area (Å²) in [7, 11) is 0. The van der Waals surface area contributed by atoms with Crippen molar-refractivity contribution in [1.29, 1.82) is 0 Å². The molecule has 1 saturated heterocycles. The molecule has 0 aliphatic carbocycles. The fraction of sp³-hybridized carbons (Fsp3) is 0.227. The van der Waals surface area contributed by atoms with Gasteiger partial charge in [0.2, 0.25) is 5.91 Å². The molecule has 0 spiro atoms. The molecule has 0 radical (unpaired) electrons. The summed E-state index contributed by atoms with van der Waals surface area (Å²) < 4.78 is 5.37. The lowest BCUT2D eigenvalue weighted by Crippen LogP contribution is -2.40. The van der Waals surface area contributed by atoms with Crippen LogP contribution >= 0.6 is 11.8 Å². The van der Waals surface area contributed by atoms with Crippen LogP contribution in [-0.4, -0.2) is 48.0 Å². The number of amides is 2. The first-order chi connectivity index (χ1) is 14.1. The van der Waals surface area contributed by atoms with Gasteiger partial charge in [-0.3, -0.25) is 9.59 Å². The quantitative estimate of drug-likeness (QED) is 0.712. The highest BCUT2D eigenvalue weighted by molar-refractivity contribution is 7.99. The smallest absolute Gasteiger partial charge is 0.254 e. The first-order valence-corrected chi connectivity index (χ1v) is 10.2. The zero-order valence-electron chi connectivity index (χ0n) is 16.1. The van der Waals surface area contributed by atoms with Gasteiger partial charge in [0, 0.05) is 36.0 Å². The van der Waals surface area contributed by atoms with Gasteiger partial charge < -0.3 is 15.0 Å².